The molecular formula is C10H15ClN2OS. The molecule has 1 atom stereocenters. The van der Waals surface area contributed by atoms with Gasteiger partial charge in [0.05, 0.1) is 11.7 Å². The Hall–Kier alpha value is -0.710. The van der Waals surface area contributed by atoms with Crippen molar-refractivity contribution in [1.82, 2.24) is 0 Å². The molecule has 0 spiro atoms. The summed E-state index contributed by atoms with van der Waals surface area (Å²) in [5.41, 5.74) is 6.28. The van der Waals surface area contributed by atoms with E-state index < -0.39 is 6.04 Å². The number of hydrogen-bond acceptors (Lipinski definition) is 3. The van der Waals surface area contributed by atoms with E-state index in [2.05, 4.69) is 5.32 Å². The maximum Gasteiger partial charge on any atom is 0.241 e. The van der Waals surface area contributed by atoms with Crippen LogP contribution in [0.3, 0.4) is 0 Å². The number of nitrogens with one attached hydrogen (secondary N) is 1. The van der Waals surface area contributed by atoms with Gasteiger partial charge in [-0.05, 0) is 25.3 Å². The summed E-state index contributed by atoms with van der Waals surface area (Å²) in [4.78, 5) is 12.4. The molecule has 0 saturated carbocycles. The number of rotatable bonds is 3. The predicted molar refractivity (Wildman–Crippen MR) is 67.8 cm³/mol. The zero-order chi connectivity index (χ0) is 10.6. The highest BCUT2D eigenvalue weighted by Crippen LogP contribution is 2.24. The summed E-state index contributed by atoms with van der Waals surface area (Å²) in [6.45, 7) is 1.66. The first kappa shape index (κ1) is 14.3. The molecule has 15 heavy (non-hydrogen) atoms. The molecule has 1 unspecified atom stereocenters. The van der Waals surface area contributed by atoms with E-state index in [4.69, 9.17) is 5.73 Å². The predicted octanol–water partition coefficient (Wildman–Crippen LogP) is 2.12. The van der Waals surface area contributed by atoms with Gasteiger partial charge in [0.25, 0.3) is 0 Å². The van der Waals surface area contributed by atoms with Gasteiger partial charge in [0.2, 0.25) is 5.91 Å². The van der Waals surface area contributed by atoms with Gasteiger partial charge >= 0.3 is 0 Å². The maximum atomic E-state index is 11.3. The molecule has 1 amide bonds. The summed E-state index contributed by atoms with van der Waals surface area (Å²) in [6.07, 6.45) is 1.97. The largest absolute Gasteiger partial charge is 0.324 e. The summed E-state index contributed by atoms with van der Waals surface area (Å²) in [6, 6.07) is 7.17. The fourth-order valence-electron chi connectivity index (χ4n) is 0.994. The zero-order valence-electron chi connectivity index (χ0n) is 8.69. The van der Waals surface area contributed by atoms with Crippen LogP contribution in [0, 0.1) is 0 Å². The minimum Gasteiger partial charge on any atom is -0.324 e. The number of anilines is 1. The van der Waals surface area contributed by atoms with Crippen molar-refractivity contribution in [1.29, 1.82) is 0 Å². The molecule has 5 heteroatoms. The van der Waals surface area contributed by atoms with E-state index in [0.717, 1.165) is 10.6 Å². The quantitative estimate of drug-likeness (QED) is 0.804. The summed E-state index contributed by atoms with van der Waals surface area (Å²) in [5.74, 6) is -0.161. The van der Waals surface area contributed by atoms with Gasteiger partial charge in [0.1, 0.15) is 0 Å². The lowest BCUT2D eigenvalue weighted by atomic mass is 10.3. The second kappa shape index (κ2) is 6.71. The van der Waals surface area contributed by atoms with E-state index in [-0.39, 0.29) is 18.3 Å². The number of hydrogen-bond donors (Lipinski definition) is 2. The van der Waals surface area contributed by atoms with Crippen molar-refractivity contribution < 1.29 is 4.79 Å². The van der Waals surface area contributed by atoms with Crippen LogP contribution in [0.5, 0.6) is 0 Å². The highest BCUT2D eigenvalue weighted by atomic mass is 35.5. The molecule has 84 valence electrons. The first-order chi connectivity index (χ1) is 6.65. The second-order valence-electron chi connectivity index (χ2n) is 2.98. The Labute approximate surface area is 100 Å². The Bertz CT molecular complexity index is 331. The molecule has 0 aromatic heterocycles. The van der Waals surface area contributed by atoms with Crippen LogP contribution < -0.4 is 11.1 Å². The topological polar surface area (TPSA) is 55.1 Å². The summed E-state index contributed by atoms with van der Waals surface area (Å²) in [7, 11) is 0. The van der Waals surface area contributed by atoms with E-state index in [1.807, 2.05) is 30.5 Å². The molecule has 0 radical (unpaired) electrons. The lowest BCUT2D eigenvalue weighted by molar-refractivity contribution is -0.117. The smallest absolute Gasteiger partial charge is 0.241 e. The van der Waals surface area contributed by atoms with E-state index in [9.17, 15) is 4.79 Å². The molecule has 0 aliphatic heterocycles. The molecule has 1 aromatic carbocycles. The molecule has 0 heterocycles. The molecule has 0 bridgehead atoms. The van der Waals surface area contributed by atoms with Gasteiger partial charge in [-0.25, -0.2) is 0 Å². The molecule has 3 N–H and O–H groups in total. The minimum absolute atomic E-state index is 0. The van der Waals surface area contributed by atoms with Gasteiger partial charge in [0, 0.05) is 4.90 Å². The molecular weight excluding hydrogens is 232 g/mol. The molecule has 0 saturated heterocycles. The Morgan fingerprint density at radius 1 is 1.47 bits per heavy atom. The van der Waals surface area contributed by atoms with Crippen LogP contribution in [-0.4, -0.2) is 18.2 Å². The molecule has 1 aromatic rings. The Balaban J connectivity index is 0.00000196. The lowest BCUT2D eigenvalue weighted by Crippen LogP contribution is -2.32. The number of thioether (sulfide) groups is 1. The summed E-state index contributed by atoms with van der Waals surface area (Å²) >= 11 is 1.59. The van der Waals surface area contributed by atoms with Crippen LogP contribution >= 0.6 is 24.2 Å². The van der Waals surface area contributed by atoms with Crippen molar-refractivity contribution in [2.45, 2.75) is 17.9 Å². The van der Waals surface area contributed by atoms with Crippen molar-refractivity contribution in [2.75, 3.05) is 11.6 Å². The van der Waals surface area contributed by atoms with Crippen LogP contribution in [0.2, 0.25) is 0 Å². The highest BCUT2D eigenvalue weighted by molar-refractivity contribution is 7.98. The minimum atomic E-state index is -0.482. The molecule has 3 nitrogen and oxygen atoms in total. The van der Waals surface area contributed by atoms with Crippen molar-refractivity contribution >= 4 is 35.8 Å². The number of para-hydroxylation sites is 1. The van der Waals surface area contributed by atoms with E-state index in [1.54, 1.807) is 18.7 Å². The Morgan fingerprint density at radius 3 is 2.60 bits per heavy atom. The van der Waals surface area contributed by atoms with Gasteiger partial charge in [0.15, 0.2) is 0 Å². The number of nitrogens with two attached hydrogens (primary N) is 1. The van der Waals surface area contributed by atoms with Crippen molar-refractivity contribution in [3.63, 3.8) is 0 Å². The number of carbonyl (C=O) groups is 1. The van der Waals surface area contributed by atoms with Gasteiger partial charge in [-0.1, -0.05) is 12.1 Å². The van der Waals surface area contributed by atoms with Crippen LogP contribution in [0.4, 0.5) is 5.69 Å². The van der Waals surface area contributed by atoms with Gasteiger partial charge in [-0.15, -0.1) is 24.2 Å². The van der Waals surface area contributed by atoms with Gasteiger partial charge in [-0.2, -0.15) is 0 Å². The monoisotopic (exact) mass is 246 g/mol. The fraction of sp³-hybridized carbons (Fsp3) is 0.300. The molecule has 0 aliphatic carbocycles. The van der Waals surface area contributed by atoms with Crippen LogP contribution in [0.1, 0.15) is 6.92 Å². The van der Waals surface area contributed by atoms with E-state index >= 15 is 0 Å². The van der Waals surface area contributed by atoms with E-state index in [1.165, 1.54) is 0 Å². The lowest BCUT2D eigenvalue weighted by Gasteiger charge is -2.10. The Morgan fingerprint density at radius 2 is 2.07 bits per heavy atom. The van der Waals surface area contributed by atoms with Gasteiger partial charge in [-0.3, -0.25) is 4.79 Å². The molecule has 0 aliphatic rings. The fourth-order valence-corrected chi connectivity index (χ4v) is 1.55. The van der Waals surface area contributed by atoms with E-state index in [0.29, 0.717) is 0 Å². The SMILES string of the molecule is CSc1ccccc1NC(=O)C(C)N.Cl. The molecule has 0 fully saturated rings. The average molecular weight is 247 g/mol. The zero-order valence-corrected chi connectivity index (χ0v) is 10.3. The number of amides is 1. The van der Waals surface area contributed by atoms with Gasteiger partial charge < -0.3 is 11.1 Å². The normalized spacial score (nSPS) is 11.4. The number of halogens is 1. The van der Waals surface area contributed by atoms with Crippen molar-refractivity contribution in [2.24, 2.45) is 5.73 Å². The summed E-state index contributed by atoms with van der Waals surface area (Å²) < 4.78 is 0. The standard InChI is InChI=1S/C10H14N2OS.ClH/c1-7(11)10(13)12-8-5-3-4-6-9(8)14-2;/h3-7H,11H2,1-2H3,(H,12,13);1H. The van der Waals surface area contributed by atoms with Crippen LogP contribution in [-0.2, 0) is 4.79 Å². The average Bonchev–Trinajstić information content (AvgIpc) is 2.18. The highest BCUT2D eigenvalue weighted by Gasteiger charge is 2.09. The first-order valence-electron chi connectivity index (χ1n) is 4.34. The third-order valence-electron chi connectivity index (χ3n) is 1.78. The van der Waals surface area contributed by atoms with Crippen molar-refractivity contribution in [3.8, 4) is 0 Å². The third kappa shape index (κ3) is 4.11. The summed E-state index contributed by atoms with van der Waals surface area (Å²) in [5, 5.41) is 2.78. The maximum absolute atomic E-state index is 11.3. The second-order valence-corrected chi connectivity index (χ2v) is 3.83. The van der Waals surface area contributed by atoms with Crippen LogP contribution in [0.15, 0.2) is 29.2 Å². The molecule has 1 rings (SSSR count). The first-order valence-corrected chi connectivity index (χ1v) is 5.57. The number of carbonyl (C=O) groups excluding carboxylic acids is 1. The van der Waals surface area contributed by atoms with Crippen molar-refractivity contribution in [3.05, 3.63) is 24.3 Å². The third-order valence-corrected chi connectivity index (χ3v) is 2.57. The van der Waals surface area contributed by atoms with Crippen LogP contribution in [0.25, 0.3) is 0 Å². The Kier molecular flexibility index (Phi) is 6.40. The number of benzene rings is 1.